The van der Waals surface area contributed by atoms with Crippen molar-refractivity contribution in [1.82, 2.24) is 5.32 Å². The molecular weight excluding hydrogens is 248 g/mol. The second-order valence-corrected chi connectivity index (χ2v) is 6.30. The van der Waals surface area contributed by atoms with Gasteiger partial charge in [0.2, 0.25) is 5.91 Å². The lowest BCUT2D eigenvalue weighted by molar-refractivity contribution is -0.117. The predicted molar refractivity (Wildman–Crippen MR) is 82.2 cm³/mol. The summed E-state index contributed by atoms with van der Waals surface area (Å²) >= 11 is 0. The van der Waals surface area contributed by atoms with Crippen molar-refractivity contribution in [2.75, 3.05) is 24.5 Å². The van der Waals surface area contributed by atoms with Gasteiger partial charge in [0.1, 0.15) is 0 Å². The lowest BCUT2D eigenvalue weighted by Gasteiger charge is -2.31. The molecule has 1 aromatic carbocycles. The number of rotatable bonds is 4. The Hall–Kier alpha value is -1.35. The molecule has 0 radical (unpaired) electrons. The maximum atomic E-state index is 12.4. The number of nitrogens with one attached hydrogen (secondary N) is 1. The summed E-state index contributed by atoms with van der Waals surface area (Å²) in [5, 5.41) is 3.31. The lowest BCUT2D eigenvalue weighted by Crippen LogP contribution is -2.41. The van der Waals surface area contributed by atoms with Gasteiger partial charge < -0.3 is 10.2 Å². The van der Waals surface area contributed by atoms with Gasteiger partial charge in [-0.15, -0.1) is 0 Å². The quantitative estimate of drug-likeness (QED) is 0.913. The Kier molecular flexibility index (Phi) is 3.79. The van der Waals surface area contributed by atoms with Gasteiger partial charge in [-0.2, -0.15) is 0 Å². The van der Waals surface area contributed by atoms with E-state index in [2.05, 4.69) is 31.3 Å². The zero-order valence-corrected chi connectivity index (χ0v) is 12.5. The van der Waals surface area contributed by atoms with Gasteiger partial charge in [-0.25, -0.2) is 0 Å². The third kappa shape index (κ3) is 2.88. The van der Waals surface area contributed by atoms with Gasteiger partial charge in [0.25, 0.3) is 0 Å². The Morgan fingerprint density at radius 3 is 2.90 bits per heavy atom. The van der Waals surface area contributed by atoms with E-state index in [0.29, 0.717) is 6.54 Å². The van der Waals surface area contributed by atoms with Crippen LogP contribution >= 0.6 is 0 Å². The van der Waals surface area contributed by atoms with E-state index in [1.54, 1.807) is 0 Å². The molecule has 1 fully saturated rings. The number of aryl methyl sites for hydroxylation is 2. The number of hydrogen-bond donors (Lipinski definition) is 1. The maximum Gasteiger partial charge on any atom is 0.240 e. The number of anilines is 1. The Morgan fingerprint density at radius 1 is 1.35 bits per heavy atom. The number of carbonyl (C=O) groups is 1. The topological polar surface area (TPSA) is 32.3 Å². The van der Waals surface area contributed by atoms with Crippen LogP contribution in [-0.4, -0.2) is 25.5 Å². The number of hydrogen-bond acceptors (Lipinski definition) is 2. The van der Waals surface area contributed by atoms with Crippen molar-refractivity contribution in [2.45, 2.75) is 39.5 Å². The van der Waals surface area contributed by atoms with Crippen molar-refractivity contribution in [2.24, 2.45) is 5.92 Å². The van der Waals surface area contributed by atoms with Crippen molar-refractivity contribution in [3.05, 3.63) is 28.8 Å². The minimum Gasteiger partial charge on any atom is -0.311 e. The molecule has 108 valence electrons. The van der Waals surface area contributed by atoms with Crippen LogP contribution in [0.5, 0.6) is 0 Å². The highest BCUT2D eigenvalue weighted by molar-refractivity contribution is 5.96. The highest BCUT2D eigenvalue weighted by atomic mass is 16.2. The summed E-state index contributed by atoms with van der Waals surface area (Å²) in [4.78, 5) is 14.4. The maximum absolute atomic E-state index is 12.4. The van der Waals surface area contributed by atoms with E-state index in [-0.39, 0.29) is 5.91 Å². The molecule has 3 heteroatoms. The third-order valence-electron chi connectivity index (χ3n) is 4.40. The van der Waals surface area contributed by atoms with Gasteiger partial charge >= 0.3 is 0 Å². The standard InChI is InChI=1S/C17H24N2O/c1-12-8-13(2)15-4-3-7-19(16(15)9-12)17(20)11-18-10-14-5-6-14/h8-9,14,18H,3-7,10-11H2,1-2H3. The molecular formula is C17H24N2O. The first-order chi connectivity index (χ1) is 9.65. The molecule has 1 aliphatic heterocycles. The van der Waals surface area contributed by atoms with Crippen LogP contribution in [0.1, 0.15) is 36.0 Å². The van der Waals surface area contributed by atoms with E-state index in [1.807, 2.05) is 4.90 Å². The van der Waals surface area contributed by atoms with Crippen LogP contribution in [0.3, 0.4) is 0 Å². The van der Waals surface area contributed by atoms with Gasteiger partial charge in [0, 0.05) is 12.2 Å². The average molecular weight is 272 g/mol. The molecule has 0 aromatic heterocycles. The molecule has 2 aliphatic rings. The predicted octanol–water partition coefficient (Wildman–Crippen LogP) is 2.58. The van der Waals surface area contributed by atoms with Crippen molar-refractivity contribution < 1.29 is 4.79 Å². The van der Waals surface area contributed by atoms with Crippen LogP contribution in [-0.2, 0) is 11.2 Å². The summed E-state index contributed by atoms with van der Waals surface area (Å²) in [5.41, 5.74) is 5.07. The van der Waals surface area contributed by atoms with Gasteiger partial charge in [0.05, 0.1) is 6.54 Å². The van der Waals surface area contributed by atoms with Gasteiger partial charge in [-0.1, -0.05) is 6.07 Å². The van der Waals surface area contributed by atoms with Crippen LogP contribution < -0.4 is 10.2 Å². The summed E-state index contributed by atoms with van der Waals surface area (Å²) in [6.07, 6.45) is 4.82. The van der Waals surface area contributed by atoms with Gasteiger partial charge in [0.15, 0.2) is 0 Å². The highest BCUT2D eigenvalue weighted by Crippen LogP contribution is 2.31. The number of nitrogens with zero attached hydrogens (tertiary/aromatic N) is 1. The SMILES string of the molecule is Cc1cc(C)c2c(c1)N(C(=O)CNCC1CC1)CCC2. The van der Waals surface area contributed by atoms with Crippen LogP contribution in [0.2, 0.25) is 0 Å². The molecule has 3 nitrogen and oxygen atoms in total. The minimum absolute atomic E-state index is 0.219. The van der Waals surface area contributed by atoms with Crippen molar-refractivity contribution in [1.29, 1.82) is 0 Å². The molecule has 20 heavy (non-hydrogen) atoms. The van der Waals surface area contributed by atoms with Crippen LogP contribution in [0.4, 0.5) is 5.69 Å². The number of amides is 1. The molecule has 0 atom stereocenters. The summed E-state index contributed by atoms with van der Waals surface area (Å²) in [6.45, 7) is 6.60. The Labute approximate surface area is 121 Å². The van der Waals surface area contributed by atoms with E-state index in [1.165, 1.54) is 29.5 Å². The van der Waals surface area contributed by atoms with Crippen LogP contribution in [0, 0.1) is 19.8 Å². The zero-order valence-electron chi connectivity index (χ0n) is 12.5. The molecule has 3 rings (SSSR count). The number of carbonyl (C=O) groups excluding carboxylic acids is 1. The molecule has 1 aliphatic carbocycles. The van der Waals surface area contributed by atoms with E-state index < -0.39 is 0 Å². The summed E-state index contributed by atoms with van der Waals surface area (Å²) < 4.78 is 0. The molecule has 1 saturated carbocycles. The lowest BCUT2D eigenvalue weighted by atomic mass is 9.95. The number of benzene rings is 1. The first-order valence-electron chi connectivity index (χ1n) is 7.76. The summed E-state index contributed by atoms with van der Waals surface area (Å²) in [7, 11) is 0. The first kappa shape index (κ1) is 13.6. The molecule has 1 amide bonds. The molecule has 0 saturated heterocycles. The minimum atomic E-state index is 0.219. The molecule has 0 unspecified atom stereocenters. The largest absolute Gasteiger partial charge is 0.311 e. The molecule has 0 spiro atoms. The molecule has 1 heterocycles. The highest BCUT2D eigenvalue weighted by Gasteiger charge is 2.25. The Balaban J connectivity index is 1.72. The van der Waals surface area contributed by atoms with E-state index >= 15 is 0 Å². The summed E-state index contributed by atoms with van der Waals surface area (Å²) in [6, 6.07) is 4.39. The van der Waals surface area contributed by atoms with Gasteiger partial charge in [-0.3, -0.25) is 4.79 Å². The molecule has 1 aromatic rings. The summed E-state index contributed by atoms with van der Waals surface area (Å²) in [5.74, 6) is 1.04. The second kappa shape index (κ2) is 5.57. The Morgan fingerprint density at radius 2 is 2.15 bits per heavy atom. The van der Waals surface area contributed by atoms with E-state index in [0.717, 1.165) is 37.5 Å². The third-order valence-corrected chi connectivity index (χ3v) is 4.40. The Bertz CT molecular complexity index is 520. The molecule has 0 bridgehead atoms. The second-order valence-electron chi connectivity index (χ2n) is 6.30. The fourth-order valence-electron chi connectivity index (χ4n) is 3.14. The monoisotopic (exact) mass is 272 g/mol. The van der Waals surface area contributed by atoms with Crippen molar-refractivity contribution >= 4 is 11.6 Å². The normalized spacial score (nSPS) is 18.0. The first-order valence-corrected chi connectivity index (χ1v) is 7.76. The van der Waals surface area contributed by atoms with E-state index in [9.17, 15) is 4.79 Å². The molecule has 1 N–H and O–H groups in total. The van der Waals surface area contributed by atoms with Crippen molar-refractivity contribution in [3.8, 4) is 0 Å². The fraction of sp³-hybridized carbons (Fsp3) is 0.588. The van der Waals surface area contributed by atoms with Gasteiger partial charge in [-0.05, 0) is 74.8 Å². The zero-order chi connectivity index (χ0) is 14.1. The fourth-order valence-corrected chi connectivity index (χ4v) is 3.14. The van der Waals surface area contributed by atoms with E-state index in [4.69, 9.17) is 0 Å². The van der Waals surface area contributed by atoms with Crippen molar-refractivity contribution in [3.63, 3.8) is 0 Å². The smallest absolute Gasteiger partial charge is 0.240 e. The average Bonchev–Trinajstić information content (AvgIpc) is 3.22. The van der Waals surface area contributed by atoms with Crippen LogP contribution in [0.25, 0.3) is 0 Å². The number of fused-ring (bicyclic) bond motifs is 1. The van der Waals surface area contributed by atoms with Crippen LogP contribution in [0.15, 0.2) is 12.1 Å².